The van der Waals surface area contributed by atoms with E-state index in [1.54, 1.807) is 0 Å². The third kappa shape index (κ3) is 16.8. The van der Waals surface area contributed by atoms with Gasteiger partial charge < -0.3 is 19.8 Å². The van der Waals surface area contributed by atoms with E-state index >= 15 is 0 Å². The molecule has 0 aromatic rings. The number of carboxylic acids is 1. The van der Waals surface area contributed by atoms with Gasteiger partial charge in [0.25, 0.3) is 0 Å². The van der Waals surface area contributed by atoms with Gasteiger partial charge in [-0.05, 0) is 12.8 Å². The maximum absolute atomic E-state index is 11.1. The fourth-order valence-corrected chi connectivity index (χ4v) is 3.72. The first-order valence-electron chi connectivity index (χ1n) is 10.5. The van der Waals surface area contributed by atoms with Gasteiger partial charge in [-0.15, -0.1) is 0 Å². The average molecular weight is 375 g/mol. The first-order valence-corrected chi connectivity index (χ1v) is 10.5. The van der Waals surface area contributed by atoms with Gasteiger partial charge in [-0.2, -0.15) is 0 Å². The highest BCUT2D eigenvalue weighted by atomic mass is 16.4. The lowest BCUT2D eigenvalue weighted by atomic mass is 9.91. The van der Waals surface area contributed by atoms with Crippen LogP contribution in [0.4, 0.5) is 0 Å². The number of aliphatic hydroxyl groups excluding tert-OH is 1. The number of carboxylic acid groups (broad SMARTS) is 1. The van der Waals surface area contributed by atoms with E-state index in [1.165, 1.54) is 51.4 Å². The number of aliphatic hydroxyl groups is 2. The van der Waals surface area contributed by atoms with E-state index < -0.39 is 11.6 Å². The van der Waals surface area contributed by atoms with Crippen molar-refractivity contribution in [3.05, 3.63) is 0 Å². The molecule has 0 saturated heterocycles. The molecule has 0 aliphatic carbocycles. The fraction of sp³-hybridized carbons (Fsp3) is 0.952. The van der Waals surface area contributed by atoms with Crippen molar-refractivity contribution >= 4 is 5.97 Å². The average Bonchev–Trinajstić information content (AvgIpc) is 2.49. The Kier molecular flexibility index (Phi) is 14.1. The predicted octanol–water partition coefficient (Wildman–Crippen LogP) is 3.96. The Hall–Kier alpha value is -0.650. The molecule has 0 amide bonds. The van der Waals surface area contributed by atoms with Gasteiger partial charge in [0.05, 0.1) is 27.6 Å². The van der Waals surface area contributed by atoms with E-state index in [1.807, 2.05) is 21.1 Å². The number of rotatable bonds is 18. The number of aliphatic carboxylic acids is 1. The van der Waals surface area contributed by atoms with Crippen LogP contribution in [0.1, 0.15) is 89.9 Å². The molecule has 0 aromatic heterocycles. The quantitative estimate of drug-likeness (QED) is 0.251. The molecular formula is C21H44NO4+. The molecule has 0 aliphatic heterocycles. The zero-order valence-electron chi connectivity index (χ0n) is 17.5. The molecule has 0 bridgehead atoms. The van der Waals surface area contributed by atoms with E-state index in [-0.39, 0.29) is 6.42 Å². The number of likely N-dealkylation sites (N-methyl/N-ethyl adjacent to an activating group) is 1. The lowest BCUT2D eigenvalue weighted by Gasteiger charge is -2.34. The van der Waals surface area contributed by atoms with Crippen LogP contribution < -0.4 is 0 Å². The summed E-state index contributed by atoms with van der Waals surface area (Å²) in [6.45, 7) is 0.792. The van der Waals surface area contributed by atoms with Crippen LogP contribution in [0.5, 0.6) is 0 Å². The molecule has 3 N–H and O–H groups in total. The summed E-state index contributed by atoms with van der Waals surface area (Å²) < 4.78 is 0.573. The standard InChI is InChI=1S/C21H43NO4/c1-22(2,3)19-21(26,18-20(24)25)16-14-12-10-8-6-4-5-7-9-11-13-15-17-23/h23,26H,4-19H2,1-3H3/p+1. The highest BCUT2D eigenvalue weighted by Gasteiger charge is 2.35. The fourth-order valence-electron chi connectivity index (χ4n) is 3.72. The van der Waals surface area contributed by atoms with Crippen LogP contribution in [0.25, 0.3) is 0 Å². The summed E-state index contributed by atoms with van der Waals surface area (Å²) in [5.74, 6) is -0.919. The van der Waals surface area contributed by atoms with Crippen LogP contribution in [0.3, 0.4) is 0 Å². The van der Waals surface area contributed by atoms with Gasteiger partial charge in [-0.3, -0.25) is 4.79 Å². The van der Waals surface area contributed by atoms with Crippen molar-refractivity contribution in [1.29, 1.82) is 0 Å². The van der Waals surface area contributed by atoms with E-state index in [0.29, 0.717) is 24.1 Å². The summed E-state index contributed by atoms with van der Waals surface area (Å²) in [5, 5.41) is 28.5. The second-order valence-electron chi connectivity index (χ2n) is 8.96. The number of nitrogens with zero attached hydrogens (tertiary/aromatic N) is 1. The largest absolute Gasteiger partial charge is 0.481 e. The second-order valence-corrected chi connectivity index (χ2v) is 8.96. The molecule has 0 fully saturated rings. The molecule has 0 saturated carbocycles. The number of carbonyl (C=O) groups is 1. The summed E-state index contributed by atoms with van der Waals surface area (Å²) in [7, 11) is 5.96. The highest BCUT2D eigenvalue weighted by molar-refractivity contribution is 5.68. The Balaban J connectivity index is 3.68. The van der Waals surface area contributed by atoms with Gasteiger partial charge in [0.15, 0.2) is 0 Å². The van der Waals surface area contributed by atoms with Gasteiger partial charge in [0.2, 0.25) is 0 Å². The highest BCUT2D eigenvalue weighted by Crippen LogP contribution is 2.23. The number of quaternary nitrogens is 1. The molecule has 1 unspecified atom stereocenters. The number of hydrogen-bond acceptors (Lipinski definition) is 3. The molecule has 156 valence electrons. The molecule has 0 radical (unpaired) electrons. The first kappa shape index (κ1) is 25.4. The molecule has 0 spiro atoms. The van der Waals surface area contributed by atoms with Crippen molar-refractivity contribution in [3.8, 4) is 0 Å². The molecular weight excluding hydrogens is 330 g/mol. The minimum absolute atomic E-state index is 0.166. The van der Waals surface area contributed by atoms with Gasteiger partial charge in [-0.1, -0.05) is 70.6 Å². The topological polar surface area (TPSA) is 77.8 Å². The second kappa shape index (κ2) is 14.4. The molecule has 0 aromatic carbocycles. The van der Waals surface area contributed by atoms with Crippen molar-refractivity contribution in [2.75, 3.05) is 34.3 Å². The Labute approximate surface area is 161 Å². The maximum Gasteiger partial charge on any atom is 0.306 e. The molecule has 1 atom stereocenters. The number of unbranched alkanes of at least 4 members (excludes halogenated alkanes) is 11. The lowest BCUT2D eigenvalue weighted by molar-refractivity contribution is -0.877. The monoisotopic (exact) mass is 374 g/mol. The SMILES string of the molecule is C[N+](C)(C)CC(O)(CCCCCCCCCCCCCCO)CC(=O)O. The van der Waals surface area contributed by atoms with E-state index in [0.717, 1.165) is 25.7 Å². The zero-order chi connectivity index (χ0) is 19.9. The predicted molar refractivity (Wildman–Crippen MR) is 107 cm³/mol. The third-order valence-electron chi connectivity index (χ3n) is 4.80. The minimum Gasteiger partial charge on any atom is -0.481 e. The van der Waals surface area contributed by atoms with Crippen molar-refractivity contribution in [3.63, 3.8) is 0 Å². The Bertz CT molecular complexity index is 354. The van der Waals surface area contributed by atoms with E-state index in [4.69, 9.17) is 10.2 Å². The first-order chi connectivity index (χ1) is 12.2. The van der Waals surface area contributed by atoms with Gasteiger partial charge in [-0.25, -0.2) is 0 Å². The van der Waals surface area contributed by atoms with Crippen LogP contribution in [-0.4, -0.2) is 65.7 Å². The zero-order valence-corrected chi connectivity index (χ0v) is 17.5. The summed E-state index contributed by atoms with van der Waals surface area (Å²) in [5.41, 5.74) is -1.10. The molecule has 26 heavy (non-hydrogen) atoms. The van der Waals surface area contributed by atoms with Gasteiger partial charge in [0.1, 0.15) is 12.1 Å². The van der Waals surface area contributed by atoms with Crippen LogP contribution in [0.2, 0.25) is 0 Å². The smallest absolute Gasteiger partial charge is 0.306 e. The maximum atomic E-state index is 11.1. The molecule has 0 aliphatic rings. The summed E-state index contributed by atoms with van der Waals surface area (Å²) in [4.78, 5) is 11.1. The lowest BCUT2D eigenvalue weighted by Crippen LogP contribution is -2.50. The Morgan fingerprint density at radius 2 is 1.15 bits per heavy atom. The van der Waals surface area contributed by atoms with Crippen LogP contribution in [0, 0.1) is 0 Å². The van der Waals surface area contributed by atoms with Crippen molar-refractivity contribution in [2.45, 2.75) is 95.5 Å². The molecule has 5 nitrogen and oxygen atoms in total. The normalized spacial score (nSPS) is 14.3. The van der Waals surface area contributed by atoms with Gasteiger partial charge >= 0.3 is 5.97 Å². The van der Waals surface area contributed by atoms with Crippen LogP contribution in [-0.2, 0) is 4.79 Å². The van der Waals surface area contributed by atoms with E-state index in [9.17, 15) is 9.90 Å². The molecule has 0 heterocycles. The minimum atomic E-state index is -1.10. The summed E-state index contributed by atoms with van der Waals surface area (Å²) >= 11 is 0. The Morgan fingerprint density at radius 3 is 1.50 bits per heavy atom. The molecule has 5 heteroatoms. The van der Waals surface area contributed by atoms with E-state index in [2.05, 4.69) is 0 Å². The number of hydrogen-bond donors (Lipinski definition) is 3. The van der Waals surface area contributed by atoms with Crippen molar-refractivity contribution in [2.24, 2.45) is 0 Å². The molecule has 0 rings (SSSR count). The summed E-state index contributed by atoms with van der Waals surface area (Å²) in [6.07, 6.45) is 14.6. The van der Waals surface area contributed by atoms with Crippen molar-refractivity contribution in [1.82, 2.24) is 0 Å². The van der Waals surface area contributed by atoms with Crippen LogP contribution >= 0.6 is 0 Å². The van der Waals surface area contributed by atoms with Crippen molar-refractivity contribution < 1.29 is 24.6 Å². The summed E-state index contributed by atoms with van der Waals surface area (Å²) in [6, 6.07) is 0. The third-order valence-corrected chi connectivity index (χ3v) is 4.80. The van der Waals surface area contributed by atoms with Crippen LogP contribution in [0.15, 0.2) is 0 Å². The Morgan fingerprint density at radius 1 is 0.769 bits per heavy atom. The van der Waals surface area contributed by atoms with Gasteiger partial charge in [0, 0.05) is 6.61 Å².